The van der Waals surface area contributed by atoms with Gasteiger partial charge in [-0.2, -0.15) is 0 Å². The van der Waals surface area contributed by atoms with Crippen molar-refractivity contribution >= 4 is 33.9 Å². The number of thiazole rings is 1. The first-order chi connectivity index (χ1) is 7.61. The predicted molar refractivity (Wildman–Crippen MR) is 60.6 cm³/mol. The van der Waals surface area contributed by atoms with Gasteiger partial charge in [0.25, 0.3) is 0 Å². The molecule has 0 unspecified atom stereocenters. The lowest BCUT2D eigenvalue weighted by Crippen LogP contribution is -2.04. The van der Waals surface area contributed by atoms with E-state index in [0.29, 0.717) is 10.8 Å². The molecule has 0 atom stereocenters. The number of halogens is 1. The summed E-state index contributed by atoms with van der Waals surface area (Å²) < 4.78 is 9.70. The van der Waals surface area contributed by atoms with Gasteiger partial charge in [0.1, 0.15) is 5.00 Å². The largest absolute Gasteiger partial charge is 0.464 e. The summed E-state index contributed by atoms with van der Waals surface area (Å²) in [6.45, 7) is 0. The highest BCUT2D eigenvalue weighted by Crippen LogP contribution is 2.32. The second kappa shape index (κ2) is 4.15. The molecule has 5 nitrogen and oxygen atoms in total. The van der Waals surface area contributed by atoms with Crippen LogP contribution in [-0.4, -0.2) is 18.1 Å². The number of furan rings is 1. The number of carbonyl (C=O) groups is 1. The zero-order valence-corrected chi connectivity index (χ0v) is 9.76. The number of nitrogens with two attached hydrogens (primary N) is 1. The van der Waals surface area contributed by atoms with E-state index in [-0.39, 0.29) is 15.9 Å². The van der Waals surface area contributed by atoms with Gasteiger partial charge < -0.3 is 14.9 Å². The molecule has 2 rings (SSSR count). The molecule has 0 spiro atoms. The molecule has 0 fully saturated rings. The average Bonchev–Trinajstić information content (AvgIpc) is 2.83. The lowest BCUT2D eigenvalue weighted by atomic mass is 10.4. The number of rotatable bonds is 2. The van der Waals surface area contributed by atoms with Crippen molar-refractivity contribution < 1.29 is 13.9 Å². The molecule has 2 aromatic heterocycles. The molecule has 2 N–H and O–H groups in total. The minimum atomic E-state index is -0.572. The molecule has 0 aromatic carbocycles. The second-order valence-electron chi connectivity index (χ2n) is 2.83. The first-order valence-electron chi connectivity index (χ1n) is 4.22. The number of aromatic nitrogens is 1. The number of nitrogens with zero attached hydrogens (tertiary/aromatic N) is 1. The van der Waals surface area contributed by atoms with Crippen LogP contribution in [0.3, 0.4) is 0 Å². The van der Waals surface area contributed by atoms with Crippen LogP contribution in [0.25, 0.3) is 10.8 Å². The van der Waals surface area contributed by atoms with Gasteiger partial charge in [-0.1, -0.05) is 11.3 Å². The van der Waals surface area contributed by atoms with Crippen molar-refractivity contribution in [1.29, 1.82) is 0 Å². The summed E-state index contributed by atoms with van der Waals surface area (Å²) in [4.78, 5) is 15.3. The summed E-state index contributed by atoms with van der Waals surface area (Å²) in [5.41, 5.74) is 5.74. The number of ether oxygens (including phenoxy) is 1. The summed E-state index contributed by atoms with van der Waals surface area (Å²) in [5.74, 6) is -0.102. The molecule has 2 aromatic rings. The van der Waals surface area contributed by atoms with Crippen LogP contribution in [0, 0.1) is 0 Å². The molecule has 0 bridgehead atoms. The van der Waals surface area contributed by atoms with Crippen LogP contribution >= 0.6 is 22.9 Å². The molecule has 0 saturated carbocycles. The van der Waals surface area contributed by atoms with Gasteiger partial charge in [0.05, 0.1) is 7.11 Å². The van der Waals surface area contributed by atoms with Crippen molar-refractivity contribution in [1.82, 2.24) is 4.98 Å². The van der Waals surface area contributed by atoms with Gasteiger partial charge in [0.2, 0.25) is 0 Å². The number of hydrogen-bond donors (Lipinski definition) is 1. The highest BCUT2D eigenvalue weighted by molar-refractivity contribution is 7.19. The molecule has 16 heavy (non-hydrogen) atoms. The van der Waals surface area contributed by atoms with Gasteiger partial charge in [-0.15, -0.1) is 0 Å². The lowest BCUT2D eigenvalue weighted by molar-refractivity contribution is 0.0596. The number of methoxy groups -OCH3 is 1. The fourth-order valence-electron chi connectivity index (χ4n) is 1.11. The maximum absolute atomic E-state index is 11.3. The normalized spacial score (nSPS) is 10.4. The maximum atomic E-state index is 11.3. The van der Waals surface area contributed by atoms with E-state index in [1.165, 1.54) is 7.11 Å². The number of esters is 1. The van der Waals surface area contributed by atoms with E-state index in [1.807, 2.05) is 0 Å². The zero-order chi connectivity index (χ0) is 11.7. The number of nitrogen functional groups attached to an aromatic ring is 1. The summed E-state index contributed by atoms with van der Waals surface area (Å²) in [5, 5.41) is 1.03. The molecule has 0 radical (unpaired) electrons. The Labute approximate surface area is 99.8 Å². The van der Waals surface area contributed by atoms with Crippen LogP contribution in [0.2, 0.25) is 5.22 Å². The van der Waals surface area contributed by atoms with Gasteiger partial charge >= 0.3 is 5.97 Å². The smallest absolute Gasteiger partial charge is 0.359 e. The van der Waals surface area contributed by atoms with Crippen molar-refractivity contribution in [3.63, 3.8) is 0 Å². The van der Waals surface area contributed by atoms with E-state index in [9.17, 15) is 4.79 Å². The molecule has 7 heteroatoms. The number of hydrogen-bond acceptors (Lipinski definition) is 6. The lowest BCUT2D eigenvalue weighted by Gasteiger charge is -1.93. The summed E-state index contributed by atoms with van der Waals surface area (Å²) in [7, 11) is 1.27. The van der Waals surface area contributed by atoms with Crippen LogP contribution < -0.4 is 5.73 Å². The van der Waals surface area contributed by atoms with Crippen LogP contribution in [0.4, 0.5) is 5.00 Å². The van der Waals surface area contributed by atoms with Crippen LogP contribution in [0.1, 0.15) is 10.5 Å². The topological polar surface area (TPSA) is 78.3 Å². The van der Waals surface area contributed by atoms with Gasteiger partial charge in [-0.05, 0) is 23.7 Å². The Morgan fingerprint density at radius 2 is 2.38 bits per heavy atom. The standard InChI is InChI=1S/C9H7ClN2O3S/c1-14-9(13)6-7(11)16-8(12-6)4-2-3-5(10)15-4/h2-3H,11H2,1H3. The van der Waals surface area contributed by atoms with Crippen molar-refractivity contribution in [2.75, 3.05) is 12.8 Å². The van der Waals surface area contributed by atoms with E-state index in [1.54, 1.807) is 12.1 Å². The second-order valence-corrected chi connectivity index (χ2v) is 4.23. The van der Waals surface area contributed by atoms with Gasteiger partial charge in [-0.3, -0.25) is 0 Å². The molecule has 84 valence electrons. The molecule has 0 aliphatic rings. The fourth-order valence-corrected chi connectivity index (χ4v) is 2.04. The van der Waals surface area contributed by atoms with Gasteiger partial charge in [0, 0.05) is 0 Å². The summed E-state index contributed by atoms with van der Waals surface area (Å²) >= 11 is 6.77. The molecular formula is C9H7ClN2O3S. The zero-order valence-electron chi connectivity index (χ0n) is 8.19. The Bertz CT molecular complexity index is 535. The van der Waals surface area contributed by atoms with Crippen molar-refractivity contribution in [2.45, 2.75) is 0 Å². The highest BCUT2D eigenvalue weighted by atomic mass is 35.5. The minimum Gasteiger partial charge on any atom is -0.464 e. The van der Waals surface area contributed by atoms with Crippen molar-refractivity contribution in [2.24, 2.45) is 0 Å². The molecule has 2 heterocycles. The fraction of sp³-hybridized carbons (Fsp3) is 0.111. The first-order valence-corrected chi connectivity index (χ1v) is 5.41. The third-order valence-corrected chi connectivity index (χ3v) is 2.92. The summed E-state index contributed by atoms with van der Waals surface area (Å²) in [6, 6.07) is 3.24. The molecular weight excluding hydrogens is 252 g/mol. The van der Waals surface area contributed by atoms with Crippen LogP contribution in [-0.2, 0) is 4.74 Å². The van der Waals surface area contributed by atoms with E-state index in [4.69, 9.17) is 21.8 Å². The molecule has 0 aliphatic heterocycles. The molecule has 0 amide bonds. The first kappa shape index (κ1) is 11.0. The van der Waals surface area contributed by atoms with E-state index in [0.717, 1.165) is 11.3 Å². The minimum absolute atomic E-state index is 0.0926. The summed E-state index contributed by atoms with van der Waals surface area (Å²) in [6.07, 6.45) is 0. The van der Waals surface area contributed by atoms with E-state index >= 15 is 0 Å². The monoisotopic (exact) mass is 258 g/mol. The number of anilines is 1. The SMILES string of the molecule is COC(=O)c1nc(-c2ccc(Cl)o2)sc1N. The quantitative estimate of drug-likeness (QED) is 0.837. The third-order valence-electron chi connectivity index (χ3n) is 1.82. The Hall–Kier alpha value is -1.53. The van der Waals surface area contributed by atoms with E-state index < -0.39 is 5.97 Å². The molecule has 0 saturated heterocycles. The van der Waals surface area contributed by atoms with Crippen LogP contribution in [0.15, 0.2) is 16.5 Å². The van der Waals surface area contributed by atoms with Crippen LogP contribution in [0.5, 0.6) is 0 Å². The molecule has 0 aliphatic carbocycles. The number of carbonyl (C=O) groups excluding carboxylic acids is 1. The highest BCUT2D eigenvalue weighted by Gasteiger charge is 2.18. The Balaban J connectivity index is 2.41. The average molecular weight is 259 g/mol. The third kappa shape index (κ3) is 1.89. The van der Waals surface area contributed by atoms with Crippen molar-refractivity contribution in [3.8, 4) is 10.8 Å². The Morgan fingerprint density at radius 1 is 1.62 bits per heavy atom. The van der Waals surface area contributed by atoms with Gasteiger partial charge in [-0.25, -0.2) is 9.78 Å². The Kier molecular flexibility index (Phi) is 2.84. The van der Waals surface area contributed by atoms with Crippen molar-refractivity contribution in [3.05, 3.63) is 23.0 Å². The Morgan fingerprint density at radius 3 is 2.94 bits per heavy atom. The van der Waals surface area contributed by atoms with E-state index in [2.05, 4.69) is 9.72 Å². The predicted octanol–water partition coefficient (Wildman–Crippen LogP) is 2.43. The van der Waals surface area contributed by atoms with Gasteiger partial charge in [0.15, 0.2) is 21.7 Å². The maximum Gasteiger partial charge on any atom is 0.359 e.